The first-order valence-electron chi connectivity index (χ1n) is 3.43. The van der Waals surface area contributed by atoms with Gasteiger partial charge in [0, 0.05) is 6.42 Å². The minimum absolute atomic E-state index is 0.0579. The van der Waals surface area contributed by atoms with E-state index in [2.05, 4.69) is 15.9 Å². The van der Waals surface area contributed by atoms with Gasteiger partial charge in [0.25, 0.3) is 0 Å². The van der Waals surface area contributed by atoms with Crippen LogP contribution in [0.2, 0.25) is 0 Å². The van der Waals surface area contributed by atoms with Crippen LogP contribution in [-0.2, 0) is 4.79 Å². The summed E-state index contributed by atoms with van der Waals surface area (Å²) in [5, 5.41) is 0. The third-order valence-corrected chi connectivity index (χ3v) is 3.70. The van der Waals surface area contributed by atoms with E-state index in [0.29, 0.717) is 5.78 Å². The van der Waals surface area contributed by atoms with Crippen molar-refractivity contribution in [3.05, 3.63) is 0 Å². The number of Topliss-reactive ketones (excluding diaryl/α,β-unsaturated/α-hetero) is 1. The number of halogens is 1. The first-order chi connectivity index (χ1) is 4.21. The highest BCUT2D eigenvalue weighted by molar-refractivity contribution is 9.10. The molecule has 0 aliphatic heterocycles. The van der Waals surface area contributed by atoms with Crippen LogP contribution in [0.5, 0.6) is 0 Å². The fourth-order valence-corrected chi connectivity index (χ4v) is 2.82. The van der Waals surface area contributed by atoms with Gasteiger partial charge in [0.05, 0.1) is 4.32 Å². The maximum atomic E-state index is 11.1. The molecule has 0 radical (unpaired) electrons. The van der Waals surface area contributed by atoms with Crippen LogP contribution in [0.15, 0.2) is 0 Å². The van der Waals surface area contributed by atoms with E-state index in [-0.39, 0.29) is 4.32 Å². The maximum absolute atomic E-state index is 11.1. The molecule has 0 spiro atoms. The van der Waals surface area contributed by atoms with Crippen molar-refractivity contribution in [3.63, 3.8) is 0 Å². The van der Waals surface area contributed by atoms with E-state index in [4.69, 9.17) is 0 Å². The summed E-state index contributed by atoms with van der Waals surface area (Å²) >= 11 is 3.50. The molecule has 0 N–H and O–H groups in total. The number of carbonyl (C=O) groups excluding carboxylic acids is 1. The number of carbonyl (C=O) groups is 1. The number of hydrogen-bond acceptors (Lipinski definition) is 1. The van der Waals surface area contributed by atoms with E-state index >= 15 is 0 Å². The summed E-state index contributed by atoms with van der Waals surface area (Å²) in [5.41, 5.74) is 0. The van der Waals surface area contributed by atoms with Crippen LogP contribution < -0.4 is 0 Å². The third-order valence-electron chi connectivity index (χ3n) is 2.53. The van der Waals surface area contributed by atoms with Gasteiger partial charge in [0.2, 0.25) is 0 Å². The highest BCUT2D eigenvalue weighted by Crippen LogP contribution is 2.50. The summed E-state index contributed by atoms with van der Waals surface area (Å²) in [5.74, 6) is 1.16. The van der Waals surface area contributed by atoms with Crippen LogP contribution in [0.25, 0.3) is 0 Å². The van der Waals surface area contributed by atoms with Gasteiger partial charge in [-0.2, -0.15) is 0 Å². The average Bonchev–Trinajstić information content (AvgIpc) is 2.22. The van der Waals surface area contributed by atoms with E-state index in [1.807, 2.05) is 0 Å². The summed E-state index contributed by atoms with van der Waals surface area (Å²) in [7, 11) is 0. The molecular formula is C7H9BrO. The van der Waals surface area contributed by atoms with Crippen LogP contribution in [-0.4, -0.2) is 10.1 Å². The molecule has 0 heterocycles. The minimum atomic E-state index is -0.0579. The number of ketones is 1. The van der Waals surface area contributed by atoms with Crippen LogP contribution in [0.4, 0.5) is 0 Å². The zero-order valence-corrected chi connectivity index (χ0v) is 6.78. The zero-order chi connectivity index (χ0) is 6.48. The Kier molecular flexibility index (Phi) is 1.05. The second-order valence-electron chi connectivity index (χ2n) is 3.20. The number of alkyl halides is 1. The van der Waals surface area contributed by atoms with Crippen molar-refractivity contribution in [1.29, 1.82) is 0 Å². The summed E-state index contributed by atoms with van der Waals surface area (Å²) in [6.07, 6.45) is 4.28. The van der Waals surface area contributed by atoms with E-state index in [0.717, 1.165) is 25.2 Å². The summed E-state index contributed by atoms with van der Waals surface area (Å²) < 4.78 is -0.0579. The highest BCUT2D eigenvalue weighted by Gasteiger charge is 2.49. The third kappa shape index (κ3) is 0.689. The number of fused-ring (bicyclic) bond motifs is 2. The van der Waals surface area contributed by atoms with Crippen LogP contribution in [0.1, 0.15) is 25.7 Å². The molecule has 9 heavy (non-hydrogen) atoms. The molecule has 2 atom stereocenters. The SMILES string of the molecule is O=C1C[C@H]2CC[C@]1(Br)C2. The molecule has 50 valence electrons. The van der Waals surface area contributed by atoms with Gasteiger partial charge in [-0.1, -0.05) is 15.9 Å². The second kappa shape index (κ2) is 1.60. The molecule has 2 fully saturated rings. The molecule has 2 aliphatic carbocycles. The van der Waals surface area contributed by atoms with Gasteiger partial charge in [-0.15, -0.1) is 0 Å². The minimum Gasteiger partial charge on any atom is -0.298 e. The Morgan fingerprint density at radius 1 is 1.67 bits per heavy atom. The van der Waals surface area contributed by atoms with Crippen molar-refractivity contribution in [2.75, 3.05) is 0 Å². The van der Waals surface area contributed by atoms with Gasteiger partial charge in [-0.25, -0.2) is 0 Å². The van der Waals surface area contributed by atoms with Gasteiger partial charge < -0.3 is 0 Å². The van der Waals surface area contributed by atoms with E-state index in [1.54, 1.807) is 0 Å². The number of rotatable bonds is 0. The molecule has 2 saturated carbocycles. The largest absolute Gasteiger partial charge is 0.298 e. The molecule has 1 nitrogen and oxygen atoms in total. The van der Waals surface area contributed by atoms with Gasteiger partial charge in [-0.3, -0.25) is 4.79 Å². The Morgan fingerprint density at radius 3 is 2.67 bits per heavy atom. The maximum Gasteiger partial charge on any atom is 0.149 e. The molecule has 0 aromatic carbocycles. The van der Waals surface area contributed by atoms with Gasteiger partial charge in [0.1, 0.15) is 5.78 Å². The summed E-state index contributed by atoms with van der Waals surface area (Å²) in [6.45, 7) is 0. The highest BCUT2D eigenvalue weighted by atomic mass is 79.9. The van der Waals surface area contributed by atoms with E-state index in [9.17, 15) is 4.79 Å². The lowest BCUT2D eigenvalue weighted by Crippen LogP contribution is -2.24. The second-order valence-corrected chi connectivity index (χ2v) is 4.72. The fourth-order valence-electron chi connectivity index (χ4n) is 1.97. The Balaban J connectivity index is 2.32. The predicted molar refractivity (Wildman–Crippen MR) is 38.6 cm³/mol. The molecule has 0 amide bonds. The van der Waals surface area contributed by atoms with Crippen LogP contribution >= 0.6 is 15.9 Å². The van der Waals surface area contributed by atoms with Crippen LogP contribution in [0.3, 0.4) is 0 Å². The molecule has 2 aliphatic rings. The molecule has 2 heteroatoms. The monoisotopic (exact) mass is 188 g/mol. The molecule has 0 unspecified atom stereocenters. The van der Waals surface area contributed by atoms with Crippen molar-refractivity contribution in [2.24, 2.45) is 5.92 Å². The zero-order valence-electron chi connectivity index (χ0n) is 5.19. The van der Waals surface area contributed by atoms with E-state index in [1.165, 1.54) is 6.42 Å². The molecule has 2 rings (SSSR count). The topological polar surface area (TPSA) is 17.1 Å². The van der Waals surface area contributed by atoms with Gasteiger partial charge in [0.15, 0.2) is 0 Å². The molecular weight excluding hydrogens is 180 g/mol. The average molecular weight is 189 g/mol. The normalized spacial score (nSPS) is 48.6. The van der Waals surface area contributed by atoms with Crippen molar-refractivity contribution in [2.45, 2.75) is 30.0 Å². The summed E-state index contributed by atoms with van der Waals surface area (Å²) in [4.78, 5) is 11.1. The lowest BCUT2D eigenvalue weighted by Gasteiger charge is -2.15. The molecule has 0 aromatic rings. The van der Waals surface area contributed by atoms with Crippen molar-refractivity contribution in [1.82, 2.24) is 0 Å². The van der Waals surface area contributed by atoms with Crippen LogP contribution in [0, 0.1) is 5.92 Å². The quantitative estimate of drug-likeness (QED) is 0.532. The molecule has 0 aromatic heterocycles. The Hall–Kier alpha value is 0.150. The summed E-state index contributed by atoms with van der Waals surface area (Å²) in [6, 6.07) is 0. The Bertz CT molecular complexity index is 166. The van der Waals surface area contributed by atoms with Crippen molar-refractivity contribution < 1.29 is 4.79 Å². The Labute approximate surface area is 62.9 Å². The lowest BCUT2D eigenvalue weighted by molar-refractivity contribution is -0.120. The van der Waals surface area contributed by atoms with E-state index < -0.39 is 0 Å². The van der Waals surface area contributed by atoms with Gasteiger partial charge in [-0.05, 0) is 25.2 Å². The van der Waals surface area contributed by atoms with Crippen molar-refractivity contribution >= 4 is 21.7 Å². The predicted octanol–water partition coefficient (Wildman–Crippen LogP) is 1.89. The first kappa shape index (κ1) is 5.90. The first-order valence-corrected chi connectivity index (χ1v) is 4.22. The smallest absolute Gasteiger partial charge is 0.149 e. The lowest BCUT2D eigenvalue weighted by atomic mass is 9.99. The number of hydrogen-bond donors (Lipinski definition) is 0. The fraction of sp³-hybridized carbons (Fsp3) is 0.857. The van der Waals surface area contributed by atoms with Gasteiger partial charge >= 0.3 is 0 Å². The molecule has 2 bridgehead atoms. The molecule has 0 saturated heterocycles. The Morgan fingerprint density at radius 2 is 2.44 bits per heavy atom. The van der Waals surface area contributed by atoms with Crippen molar-refractivity contribution in [3.8, 4) is 0 Å². The standard InChI is InChI=1S/C7H9BrO/c8-7-2-1-5(4-7)3-6(7)9/h5H,1-4H2/t5-,7+/m1/s1.